The van der Waals surface area contributed by atoms with Crippen molar-refractivity contribution in [2.75, 3.05) is 5.32 Å². The molecule has 0 saturated carbocycles. The molecule has 1 aliphatic rings. The van der Waals surface area contributed by atoms with E-state index in [0.717, 1.165) is 16.5 Å². The Kier molecular flexibility index (Phi) is 4.86. The number of amides is 3. The van der Waals surface area contributed by atoms with Crippen LogP contribution in [0, 0.1) is 5.82 Å². The molecule has 0 aromatic heterocycles. The minimum Gasteiger partial charge on any atom is -0.321 e. The molecule has 0 saturated heterocycles. The van der Waals surface area contributed by atoms with Gasteiger partial charge in [0.2, 0.25) is 0 Å². The Morgan fingerprint density at radius 3 is 2.38 bits per heavy atom. The number of anilines is 1. The molecular formula is C22H14ClFN2O3. The second-order valence-corrected chi connectivity index (χ2v) is 6.93. The SMILES string of the molecule is O=C(Nc1ccc(F)cc1Cl)c1ccc2c(c1)C(=O)N(Cc1ccccc1)C2=O. The van der Waals surface area contributed by atoms with Gasteiger partial charge in [0.25, 0.3) is 17.7 Å². The van der Waals surface area contributed by atoms with Gasteiger partial charge in [-0.15, -0.1) is 0 Å². The number of nitrogens with zero attached hydrogens (tertiary/aromatic N) is 1. The highest BCUT2D eigenvalue weighted by Crippen LogP contribution is 2.27. The number of halogens is 2. The standard InChI is InChI=1S/C22H14ClFN2O3/c23-18-11-15(24)7-9-19(18)25-20(27)14-6-8-16-17(10-14)22(29)26(21(16)28)12-13-4-2-1-3-5-13/h1-11H,12H2,(H,25,27). The van der Waals surface area contributed by atoms with Crippen LogP contribution < -0.4 is 5.32 Å². The van der Waals surface area contributed by atoms with E-state index in [1.54, 1.807) is 0 Å². The van der Waals surface area contributed by atoms with Gasteiger partial charge in [0.05, 0.1) is 28.4 Å². The molecule has 1 heterocycles. The van der Waals surface area contributed by atoms with Crippen molar-refractivity contribution >= 4 is 35.0 Å². The number of carbonyl (C=O) groups excluding carboxylic acids is 3. The molecule has 5 nitrogen and oxygen atoms in total. The van der Waals surface area contributed by atoms with Gasteiger partial charge in [0.15, 0.2) is 0 Å². The van der Waals surface area contributed by atoms with Crippen molar-refractivity contribution in [1.82, 2.24) is 4.90 Å². The van der Waals surface area contributed by atoms with Gasteiger partial charge in [-0.25, -0.2) is 4.39 Å². The molecule has 0 atom stereocenters. The number of hydrogen-bond donors (Lipinski definition) is 1. The second-order valence-electron chi connectivity index (χ2n) is 6.52. The molecule has 0 fully saturated rings. The van der Waals surface area contributed by atoms with Gasteiger partial charge in [-0.1, -0.05) is 41.9 Å². The quantitative estimate of drug-likeness (QED) is 0.645. The van der Waals surface area contributed by atoms with E-state index < -0.39 is 23.5 Å². The molecular weight excluding hydrogens is 395 g/mol. The van der Waals surface area contributed by atoms with Crippen molar-refractivity contribution in [3.05, 3.63) is 99.8 Å². The third-order valence-electron chi connectivity index (χ3n) is 4.60. The van der Waals surface area contributed by atoms with E-state index in [9.17, 15) is 18.8 Å². The molecule has 1 N–H and O–H groups in total. The zero-order chi connectivity index (χ0) is 20.5. The predicted octanol–water partition coefficient (Wildman–Crippen LogP) is 4.53. The Balaban J connectivity index is 1.57. The van der Waals surface area contributed by atoms with Gasteiger partial charge in [-0.05, 0) is 42.0 Å². The lowest BCUT2D eigenvalue weighted by Crippen LogP contribution is -2.29. The lowest BCUT2D eigenvalue weighted by atomic mass is 10.1. The van der Waals surface area contributed by atoms with Crippen molar-refractivity contribution in [3.8, 4) is 0 Å². The highest BCUT2D eigenvalue weighted by molar-refractivity contribution is 6.34. The Hall–Kier alpha value is -3.51. The topological polar surface area (TPSA) is 66.5 Å². The fraction of sp³-hybridized carbons (Fsp3) is 0.0455. The predicted molar refractivity (Wildman–Crippen MR) is 106 cm³/mol. The van der Waals surface area contributed by atoms with E-state index in [1.807, 2.05) is 30.3 Å². The highest BCUT2D eigenvalue weighted by Gasteiger charge is 2.36. The Bertz CT molecular complexity index is 1150. The van der Waals surface area contributed by atoms with Crippen molar-refractivity contribution in [2.45, 2.75) is 6.54 Å². The molecule has 0 spiro atoms. The summed E-state index contributed by atoms with van der Waals surface area (Å²) in [6.07, 6.45) is 0. The summed E-state index contributed by atoms with van der Waals surface area (Å²) >= 11 is 5.93. The first-order valence-electron chi connectivity index (χ1n) is 8.74. The fourth-order valence-corrected chi connectivity index (χ4v) is 3.34. The van der Waals surface area contributed by atoms with Gasteiger partial charge in [0.1, 0.15) is 5.82 Å². The molecule has 4 rings (SSSR count). The maximum atomic E-state index is 13.2. The summed E-state index contributed by atoms with van der Waals surface area (Å²) in [5.74, 6) is -1.90. The van der Waals surface area contributed by atoms with Gasteiger partial charge in [-0.2, -0.15) is 0 Å². The average molecular weight is 409 g/mol. The molecule has 0 unspecified atom stereocenters. The van der Waals surface area contributed by atoms with E-state index in [1.165, 1.54) is 30.3 Å². The van der Waals surface area contributed by atoms with Gasteiger partial charge >= 0.3 is 0 Å². The van der Waals surface area contributed by atoms with Crippen molar-refractivity contribution in [3.63, 3.8) is 0 Å². The fourth-order valence-electron chi connectivity index (χ4n) is 3.13. The summed E-state index contributed by atoms with van der Waals surface area (Å²) in [4.78, 5) is 39.0. The molecule has 144 valence electrons. The van der Waals surface area contributed by atoms with Crippen LogP contribution in [0.25, 0.3) is 0 Å². The summed E-state index contributed by atoms with van der Waals surface area (Å²) in [7, 11) is 0. The summed E-state index contributed by atoms with van der Waals surface area (Å²) in [6.45, 7) is 0.153. The van der Waals surface area contributed by atoms with Gasteiger partial charge in [-0.3, -0.25) is 19.3 Å². The number of imide groups is 1. The molecule has 0 radical (unpaired) electrons. The largest absolute Gasteiger partial charge is 0.321 e. The zero-order valence-electron chi connectivity index (χ0n) is 15.0. The van der Waals surface area contributed by atoms with E-state index in [2.05, 4.69) is 5.32 Å². The Morgan fingerprint density at radius 1 is 0.931 bits per heavy atom. The van der Waals surface area contributed by atoms with E-state index in [-0.39, 0.29) is 33.9 Å². The zero-order valence-corrected chi connectivity index (χ0v) is 15.7. The molecule has 3 aromatic carbocycles. The summed E-state index contributed by atoms with van der Waals surface area (Å²) in [5, 5.41) is 2.63. The van der Waals surface area contributed by atoms with E-state index in [0.29, 0.717) is 0 Å². The molecule has 3 amide bonds. The maximum Gasteiger partial charge on any atom is 0.261 e. The first-order chi connectivity index (χ1) is 13.9. The number of nitrogens with one attached hydrogen (secondary N) is 1. The number of rotatable bonds is 4. The summed E-state index contributed by atoms with van der Waals surface area (Å²) in [6, 6.07) is 17.1. The van der Waals surface area contributed by atoms with Crippen molar-refractivity contribution in [2.24, 2.45) is 0 Å². The van der Waals surface area contributed by atoms with E-state index in [4.69, 9.17) is 11.6 Å². The van der Waals surface area contributed by atoms with Crippen LogP contribution >= 0.6 is 11.6 Å². The number of benzene rings is 3. The lowest BCUT2D eigenvalue weighted by molar-refractivity contribution is 0.0642. The smallest absolute Gasteiger partial charge is 0.261 e. The van der Waals surface area contributed by atoms with Crippen LogP contribution in [-0.2, 0) is 6.54 Å². The normalized spacial score (nSPS) is 12.8. The first kappa shape index (κ1) is 18.8. The molecule has 3 aromatic rings. The van der Waals surface area contributed by atoms with Crippen LogP contribution in [0.3, 0.4) is 0 Å². The third kappa shape index (κ3) is 3.62. The van der Waals surface area contributed by atoms with Crippen molar-refractivity contribution in [1.29, 1.82) is 0 Å². The number of fused-ring (bicyclic) bond motifs is 1. The third-order valence-corrected chi connectivity index (χ3v) is 4.91. The van der Waals surface area contributed by atoms with Crippen LogP contribution in [0.15, 0.2) is 66.7 Å². The van der Waals surface area contributed by atoms with Gasteiger partial charge in [0, 0.05) is 5.56 Å². The molecule has 7 heteroatoms. The first-order valence-corrected chi connectivity index (χ1v) is 9.12. The van der Waals surface area contributed by atoms with Crippen LogP contribution in [0.2, 0.25) is 5.02 Å². The maximum absolute atomic E-state index is 13.2. The minimum atomic E-state index is -0.525. The van der Waals surface area contributed by atoms with Crippen LogP contribution in [-0.4, -0.2) is 22.6 Å². The van der Waals surface area contributed by atoms with Crippen molar-refractivity contribution < 1.29 is 18.8 Å². The van der Waals surface area contributed by atoms with Crippen LogP contribution in [0.4, 0.5) is 10.1 Å². The molecule has 29 heavy (non-hydrogen) atoms. The minimum absolute atomic E-state index is 0.0554. The summed E-state index contributed by atoms with van der Waals surface area (Å²) < 4.78 is 13.2. The second kappa shape index (κ2) is 7.48. The molecule has 0 bridgehead atoms. The highest BCUT2D eigenvalue weighted by atomic mass is 35.5. The van der Waals surface area contributed by atoms with E-state index >= 15 is 0 Å². The number of carbonyl (C=O) groups is 3. The van der Waals surface area contributed by atoms with Crippen LogP contribution in [0.5, 0.6) is 0 Å². The average Bonchev–Trinajstić information content (AvgIpc) is 2.95. The molecule has 1 aliphatic heterocycles. The lowest BCUT2D eigenvalue weighted by Gasteiger charge is -2.13. The Labute approximate surface area is 170 Å². The monoisotopic (exact) mass is 408 g/mol. The molecule has 0 aliphatic carbocycles. The van der Waals surface area contributed by atoms with Crippen LogP contribution in [0.1, 0.15) is 36.6 Å². The number of hydrogen-bond acceptors (Lipinski definition) is 3. The Morgan fingerprint density at radius 2 is 1.66 bits per heavy atom. The van der Waals surface area contributed by atoms with Gasteiger partial charge < -0.3 is 5.32 Å². The summed E-state index contributed by atoms with van der Waals surface area (Å²) in [5.41, 5.74) is 1.68.